The fraction of sp³-hybridized carbons (Fsp3) is 0.391. The van der Waals surface area contributed by atoms with E-state index >= 15 is 0 Å². The molecule has 144 valence electrons. The normalized spacial score (nSPS) is 12.9. The van der Waals surface area contributed by atoms with Crippen molar-refractivity contribution in [1.29, 1.82) is 0 Å². The van der Waals surface area contributed by atoms with E-state index in [4.69, 9.17) is 4.74 Å². The van der Waals surface area contributed by atoms with Crippen LogP contribution in [0.2, 0.25) is 0 Å². The Labute approximate surface area is 161 Å². The summed E-state index contributed by atoms with van der Waals surface area (Å²) < 4.78 is 5.30. The first kappa shape index (κ1) is 20.7. The molecule has 4 nitrogen and oxygen atoms in total. The fourth-order valence-corrected chi connectivity index (χ4v) is 2.83. The second-order valence-electron chi connectivity index (χ2n) is 7.16. The fourth-order valence-electron chi connectivity index (χ4n) is 2.83. The van der Waals surface area contributed by atoms with E-state index in [2.05, 4.69) is 17.4 Å². The minimum Gasteiger partial charge on any atom is -0.452 e. The minimum atomic E-state index is -0.803. The number of aryl methyl sites for hydroxylation is 3. The van der Waals surface area contributed by atoms with Crippen molar-refractivity contribution < 1.29 is 14.3 Å². The van der Waals surface area contributed by atoms with Crippen LogP contribution in [0.25, 0.3) is 0 Å². The third-order valence-electron chi connectivity index (χ3n) is 4.69. The van der Waals surface area contributed by atoms with Gasteiger partial charge in [-0.15, -0.1) is 0 Å². The molecule has 0 unspecified atom stereocenters. The van der Waals surface area contributed by atoms with E-state index in [1.54, 1.807) is 6.92 Å². The lowest BCUT2D eigenvalue weighted by Gasteiger charge is -2.18. The molecule has 0 saturated heterocycles. The molecule has 2 aromatic rings. The molecule has 1 N–H and O–H groups in total. The first-order valence-electron chi connectivity index (χ1n) is 9.45. The largest absolute Gasteiger partial charge is 0.452 e. The number of benzene rings is 2. The first-order valence-corrected chi connectivity index (χ1v) is 9.45. The molecule has 1 amide bonds. The summed E-state index contributed by atoms with van der Waals surface area (Å²) in [5.41, 5.74) is 4.46. The Balaban J connectivity index is 1.76. The van der Waals surface area contributed by atoms with E-state index < -0.39 is 12.1 Å². The second-order valence-corrected chi connectivity index (χ2v) is 7.16. The average Bonchev–Trinajstić information content (AvgIpc) is 2.63. The molecule has 2 aromatic carbocycles. The molecule has 0 saturated carbocycles. The van der Waals surface area contributed by atoms with Gasteiger partial charge in [0.1, 0.15) is 0 Å². The van der Waals surface area contributed by atoms with Crippen LogP contribution >= 0.6 is 0 Å². The number of rotatable bonds is 8. The number of ether oxygens (including phenoxy) is 1. The number of hydrogen-bond acceptors (Lipinski definition) is 3. The number of amides is 1. The van der Waals surface area contributed by atoms with E-state index in [1.165, 1.54) is 11.1 Å². The summed E-state index contributed by atoms with van der Waals surface area (Å²) in [6.07, 6.45) is 1.09. The highest BCUT2D eigenvalue weighted by molar-refractivity contribution is 5.84. The smallest absolute Gasteiger partial charge is 0.311 e. The van der Waals surface area contributed by atoms with Crippen LogP contribution in [0.5, 0.6) is 0 Å². The van der Waals surface area contributed by atoms with Gasteiger partial charge in [-0.1, -0.05) is 48.5 Å². The van der Waals surface area contributed by atoms with Crippen LogP contribution in [0.15, 0.2) is 48.5 Å². The van der Waals surface area contributed by atoms with Gasteiger partial charge >= 0.3 is 5.97 Å². The third kappa shape index (κ3) is 6.89. The minimum absolute atomic E-state index is 0.0126. The molecule has 0 aromatic heterocycles. The number of nitrogens with one attached hydrogen (secondary N) is 1. The van der Waals surface area contributed by atoms with Crippen LogP contribution in [0.4, 0.5) is 0 Å². The standard InChI is InChI=1S/C23H29NO3/c1-16-10-12-21(14-17(16)2)15-22(25)27-19(4)23(26)24-18(3)11-13-20-8-6-5-7-9-20/h5-10,12,14,18-19H,11,13,15H2,1-4H3,(H,24,26)/t18-,19-/m1/s1. The maximum absolute atomic E-state index is 12.3. The molecule has 0 aliphatic carbocycles. The Morgan fingerprint density at radius 3 is 2.33 bits per heavy atom. The molecule has 2 rings (SSSR count). The Hall–Kier alpha value is -2.62. The Morgan fingerprint density at radius 2 is 1.67 bits per heavy atom. The van der Waals surface area contributed by atoms with Gasteiger partial charge in [0.2, 0.25) is 0 Å². The number of hydrogen-bond donors (Lipinski definition) is 1. The van der Waals surface area contributed by atoms with Crippen LogP contribution in [0, 0.1) is 13.8 Å². The maximum Gasteiger partial charge on any atom is 0.311 e. The van der Waals surface area contributed by atoms with Crippen LogP contribution in [-0.4, -0.2) is 24.0 Å². The summed E-state index contributed by atoms with van der Waals surface area (Å²) >= 11 is 0. The first-order chi connectivity index (χ1) is 12.8. The molecule has 4 heteroatoms. The van der Waals surface area contributed by atoms with Gasteiger partial charge in [-0.2, -0.15) is 0 Å². The molecule has 27 heavy (non-hydrogen) atoms. The number of carbonyl (C=O) groups is 2. The van der Waals surface area contributed by atoms with Crippen LogP contribution in [0.3, 0.4) is 0 Å². The summed E-state index contributed by atoms with van der Waals surface area (Å²) in [5.74, 6) is -0.651. The topological polar surface area (TPSA) is 55.4 Å². The van der Waals surface area contributed by atoms with Crippen molar-refractivity contribution in [1.82, 2.24) is 5.32 Å². The highest BCUT2D eigenvalue weighted by Gasteiger charge is 2.19. The molecular formula is C23H29NO3. The molecule has 0 heterocycles. The summed E-state index contributed by atoms with van der Waals surface area (Å²) in [6.45, 7) is 7.61. The van der Waals surface area contributed by atoms with E-state index in [1.807, 2.05) is 57.2 Å². The lowest BCUT2D eigenvalue weighted by Crippen LogP contribution is -2.41. The lowest BCUT2D eigenvalue weighted by molar-refractivity contribution is -0.154. The molecular weight excluding hydrogens is 338 g/mol. The van der Waals surface area contributed by atoms with Gasteiger partial charge in [0, 0.05) is 6.04 Å². The highest BCUT2D eigenvalue weighted by atomic mass is 16.5. The van der Waals surface area contributed by atoms with Crippen LogP contribution in [0.1, 0.15) is 42.5 Å². The van der Waals surface area contributed by atoms with Gasteiger partial charge in [-0.25, -0.2) is 0 Å². The summed E-state index contributed by atoms with van der Waals surface area (Å²) in [6, 6.07) is 16.1. The van der Waals surface area contributed by atoms with E-state index in [-0.39, 0.29) is 18.4 Å². The van der Waals surface area contributed by atoms with E-state index in [9.17, 15) is 9.59 Å². The van der Waals surface area contributed by atoms with E-state index in [0.717, 1.165) is 24.0 Å². The predicted octanol–water partition coefficient (Wildman–Crippen LogP) is 3.92. The quantitative estimate of drug-likeness (QED) is 0.720. The van der Waals surface area contributed by atoms with Crippen molar-refractivity contribution in [2.75, 3.05) is 0 Å². The molecule has 0 spiro atoms. The van der Waals surface area contributed by atoms with E-state index in [0.29, 0.717) is 0 Å². The monoisotopic (exact) mass is 367 g/mol. The zero-order valence-corrected chi connectivity index (χ0v) is 16.6. The molecule has 2 atom stereocenters. The summed E-state index contributed by atoms with van der Waals surface area (Å²) in [4.78, 5) is 24.4. The molecule has 0 bridgehead atoms. The molecule has 0 aliphatic heterocycles. The van der Waals surface area contributed by atoms with Crippen molar-refractivity contribution in [3.05, 3.63) is 70.8 Å². The van der Waals surface area contributed by atoms with Gasteiger partial charge in [-0.3, -0.25) is 9.59 Å². The number of esters is 1. The summed E-state index contributed by atoms with van der Waals surface area (Å²) in [5, 5.41) is 2.92. The van der Waals surface area contributed by atoms with Gasteiger partial charge < -0.3 is 10.1 Å². The second kappa shape index (κ2) is 9.91. The average molecular weight is 367 g/mol. The van der Waals surface area contributed by atoms with Gasteiger partial charge in [0.25, 0.3) is 5.91 Å². The van der Waals surface area contributed by atoms with Crippen LogP contribution < -0.4 is 5.32 Å². The lowest BCUT2D eigenvalue weighted by atomic mass is 10.0. The van der Waals surface area contributed by atoms with Crippen molar-refractivity contribution >= 4 is 11.9 Å². The molecule has 0 radical (unpaired) electrons. The molecule has 0 aliphatic rings. The van der Waals surface area contributed by atoms with Crippen molar-refractivity contribution in [2.45, 2.75) is 59.1 Å². The SMILES string of the molecule is Cc1ccc(CC(=O)O[C@H](C)C(=O)N[C@H](C)CCc2ccccc2)cc1C. The molecule has 0 fully saturated rings. The predicted molar refractivity (Wildman–Crippen MR) is 108 cm³/mol. The Morgan fingerprint density at radius 1 is 0.963 bits per heavy atom. The van der Waals surface area contributed by atoms with Crippen molar-refractivity contribution in [2.24, 2.45) is 0 Å². The third-order valence-corrected chi connectivity index (χ3v) is 4.69. The Kier molecular flexibility index (Phi) is 7.59. The zero-order valence-electron chi connectivity index (χ0n) is 16.6. The highest BCUT2D eigenvalue weighted by Crippen LogP contribution is 2.11. The van der Waals surface area contributed by atoms with Crippen molar-refractivity contribution in [3.8, 4) is 0 Å². The van der Waals surface area contributed by atoms with Crippen LogP contribution in [-0.2, 0) is 27.2 Å². The van der Waals surface area contributed by atoms with Gasteiger partial charge in [0.15, 0.2) is 6.10 Å². The zero-order chi connectivity index (χ0) is 19.8. The van der Waals surface area contributed by atoms with Gasteiger partial charge in [-0.05, 0) is 62.8 Å². The van der Waals surface area contributed by atoms with Gasteiger partial charge in [0.05, 0.1) is 6.42 Å². The maximum atomic E-state index is 12.3. The van der Waals surface area contributed by atoms with Crippen molar-refractivity contribution in [3.63, 3.8) is 0 Å². The number of carbonyl (C=O) groups excluding carboxylic acids is 2. The Bertz CT molecular complexity index is 770. The summed E-state index contributed by atoms with van der Waals surface area (Å²) in [7, 11) is 0.